The lowest BCUT2D eigenvalue weighted by molar-refractivity contribution is -0.118. The highest BCUT2D eigenvalue weighted by atomic mass is 16.5. The van der Waals surface area contributed by atoms with Gasteiger partial charge in [0.1, 0.15) is 11.5 Å². The average molecular weight is 281 g/mol. The maximum atomic E-state index is 11.3. The Kier molecular flexibility index (Phi) is 3.36. The number of carbonyl (C=O) groups excluding carboxylic acids is 1. The maximum absolute atomic E-state index is 11.3. The van der Waals surface area contributed by atoms with Crippen LogP contribution in [0.2, 0.25) is 0 Å². The molecule has 0 saturated carbocycles. The molecular weight excluding hydrogens is 266 g/mol. The molecule has 4 heteroatoms. The summed E-state index contributed by atoms with van der Waals surface area (Å²) < 4.78 is 5.32. The van der Waals surface area contributed by atoms with E-state index in [2.05, 4.69) is 5.32 Å². The normalized spacial score (nSPS) is 13.7. The van der Waals surface area contributed by atoms with Crippen molar-refractivity contribution in [3.8, 4) is 11.5 Å². The molecule has 3 rings (SSSR count). The zero-order valence-electron chi connectivity index (χ0n) is 11.6. The van der Waals surface area contributed by atoms with Crippen LogP contribution in [0.15, 0.2) is 36.4 Å². The second-order valence-electron chi connectivity index (χ2n) is 4.97. The molecule has 0 radical (unpaired) electrons. The highest BCUT2D eigenvalue weighted by Crippen LogP contribution is 2.29. The zero-order chi connectivity index (χ0) is 14.8. The summed E-state index contributed by atoms with van der Waals surface area (Å²) in [7, 11) is 0. The molecule has 0 atom stereocenters. The Morgan fingerprint density at radius 2 is 2.05 bits per heavy atom. The van der Waals surface area contributed by atoms with E-state index >= 15 is 0 Å². The van der Waals surface area contributed by atoms with Gasteiger partial charge in [0.25, 0.3) is 5.91 Å². The number of aromatic hydroxyl groups is 1. The van der Waals surface area contributed by atoms with E-state index in [1.165, 1.54) is 0 Å². The summed E-state index contributed by atoms with van der Waals surface area (Å²) in [5, 5.41) is 12.2. The van der Waals surface area contributed by atoms with E-state index in [9.17, 15) is 9.90 Å². The van der Waals surface area contributed by atoms with Crippen LogP contribution in [-0.2, 0) is 4.79 Å². The molecule has 1 amide bonds. The third-order valence-electron chi connectivity index (χ3n) is 3.35. The van der Waals surface area contributed by atoms with Gasteiger partial charge in [0.2, 0.25) is 0 Å². The minimum atomic E-state index is -0.141. The summed E-state index contributed by atoms with van der Waals surface area (Å²) in [4.78, 5) is 11.3. The lowest BCUT2D eigenvalue weighted by Gasteiger charge is -2.17. The Bertz CT molecular complexity index is 735. The van der Waals surface area contributed by atoms with Crippen molar-refractivity contribution >= 4 is 23.7 Å². The number of rotatable bonds is 2. The number of phenols is 1. The first-order valence-corrected chi connectivity index (χ1v) is 6.66. The smallest absolute Gasteiger partial charge is 0.262 e. The van der Waals surface area contributed by atoms with Gasteiger partial charge < -0.3 is 15.2 Å². The van der Waals surface area contributed by atoms with Gasteiger partial charge in [-0.05, 0) is 47.9 Å². The quantitative estimate of drug-likeness (QED) is 0.831. The molecule has 2 aromatic rings. The molecule has 0 fully saturated rings. The maximum Gasteiger partial charge on any atom is 0.262 e. The Hall–Kier alpha value is -2.75. The summed E-state index contributed by atoms with van der Waals surface area (Å²) in [5.41, 5.74) is 3.69. The second-order valence-corrected chi connectivity index (χ2v) is 4.97. The molecule has 4 nitrogen and oxygen atoms in total. The van der Waals surface area contributed by atoms with Crippen LogP contribution in [0.25, 0.3) is 12.2 Å². The first-order chi connectivity index (χ1) is 10.1. The van der Waals surface area contributed by atoms with Crippen LogP contribution in [0, 0.1) is 6.92 Å². The summed E-state index contributed by atoms with van der Waals surface area (Å²) in [6.07, 6.45) is 3.93. The van der Waals surface area contributed by atoms with Crippen molar-refractivity contribution < 1.29 is 14.6 Å². The van der Waals surface area contributed by atoms with E-state index in [1.54, 1.807) is 12.1 Å². The molecule has 0 spiro atoms. The number of phenolic OH excluding ortho intramolecular Hbond substituents is 1. The summed E-state index contributed by atoms with van der Waals surface area (Å²) in [6.45, 7) is 2.01. The van der Waals surface area contributed by atoms with Crippen molar-refractivity contribution in [2.45, 2.75) is 6.92 Å². The van der Waals surface area contributed by atoms with Crippen LogP contribution >= 0.6 is 0 Å². The summed E-state index contributed by atoms with van der Waals surface area (Å²) in [5.74, 6) is 0.809. The number of aryl methyl sites for hydroxylation is 1. The van der Waals surface area contributed by atoms with Crippen LogP contribution in [0.4, 0.5) is 5.69 Å². The van der Waals surface area contributed by atoms with E-state index in [-0.39, 0.29) is 18.3 Å². The van der Waals surface area contributed by atoms with Crippen LogP contribution in [0.5, 0.6) is 11.5 Å². The van der Waals surface area contributed by atoms with Gasteiger partial charge in [0.05, 0.1) is 5.69 Å². The molecule has 0 aliphatic carbocycles. The molecule has 106 valence electrons. The molecule has 1 aliphatic heterocycles. The number of carbonyl (C=O) groups is 1. The number of hydrogen-bond acceptors (Lipinski definition) is 3. The summed E-state index contributed by atoms with van der Waals surface area (Å²) >= 11 is 0. The van der Waals surface area contributed by atoms with Crippen LogP contribution < -0.4 is 10.1 Å². The number of ether oxygens (including phenoxy) is 1. The number of hydrogen-bond donors (Lipinski definition) is 2. The van der Waals surface area contributed by atoms with Crippen LogP contribution in [0.3, 0.4) is 0 Å². The molecule has 0 bridgehead atoms. The Morgan fingerprint density at radius 3 is 2.86 bits per heavy atom. The van der Waals surface area contributed by atoms with Crippen molar-refractivity contribution in [2.24, 2.45) is 0 Å². The lowest BCUT2D eigenvalue weighted by atomic mass is 10.1. The fraction of sp³-hybridized carbons (Fsp3) is 0.118. The fourth-order valence-electron chi connectivity index (χ4n) is 2.24. The molecule has 1 heterocycles. The van der Waals surface area contributed by atoms with Crippen molar-refractivity contribution in [1.82, 2.24) is 0 Å². The molecule has 0 saturated heterocycles. The van der Waals surface area contributed by atoms with Gasteiger partial charge in [-0.3, -0.25) is 4.79 Å². The SMILES string of the molecule is Cc1cc(O)ccc1C=Cc1ccc2c(c1)NC(=O)CO2. The fourth-order valence-corrected chi connectivity index (χ4v) is 2.24. The second kappa shape index (κ2) is 5.32. The number of amides is 1. The van der Waals surface area contributed by atoms with Crippen molar-refractivity contribution in [2.75, 3.05) is 11.9 Å². The third-order valence-corrected chi connectivity index (χ3v) is 3.35. The van der Waals surface area contributed by atoms with Gasteiger partial charge in [-0.1, -0.05) is 24.3 Å². The molecule has 0 unspecified atom stereocenters. The predicted molar refractivity (Wildman–Crippen MR) is 82.3 cm³/mol. The topological polar surface area (TPSA) is 58.6 Å². The third kappa shape index (κ3) is 2.89. The van der Waals surface area contributed by atoms with E-state index in [0.717, 1.165) is 16.7 Å². The number of benzene rings is 2. The van der Waals surface area contributed by atoms with E-state index < -0.39 is 0 Å². The predicted octanol–water partition coefficient (Wildman–Crippen LogP) is 3.20. The van der Waals surface area contributed by atoms with Crippen LogP contribution in [0.1, 0.15) is 16.7 Å². The van der Waals surface area contributed by atoms with E-state index in [0.29, 0.717) is 11.4 Å². The van der Waals surface area contributed by atoms with Gasteiger partial charge in [0, 0.05) is 0 Å². The summed E-state index contributed by atoms with van der Waals surface area (Å²) in [6, 6.07) is 10.9. The molecule has 1 aliphatic rings. The molecule has 21 heavy (non-hydrogen) atoms. The standard InChI is InChI=1S/C17H15NO3/c1-11-8-14(19)6-5-13(11)4-2-12-3-7-16-15(9-12)18-17(20)10-21-16/h2-9,19H,10H2,1H3,(H,18,20). The number of fused-ring (bicyclic) bond motifs is 1. The number of nitrogens with one attached hydrogen (secondary N) is 1. The minimum absolute atomic E-state index is 0.0644. The van der Waals surface area contributed by atoms with Crippen molar-refractivity contribution in [1.29, 1.82) is 0 Å². The highest BCUT2D eigenvalue weighted by Gasteiger charge is 2.15. The van der Waals surface area contributed by atoms with E-state index in [4.69, 9.17) is 4.74 Å². The van der Waals surface area contributed by atoms with Crippen molar-refractivity contribution in [3.05, 3.63) is 53.1 Å². The van der Waals surface area contributed by atoms with Gasteiger partial charge in [0.15, 0.2) is 6.61 Å². The molecular formula is C17H15NO3. The first-order valence-electron chi connectivity index (χ1n) is 6.66. The van der Waals surface area contributed by atoms with Crippen molar-refractivity contribution in [3.63, 3.8) is 0 Å². The van der Waals surface area contributed by atoms with Gasteiger partial charge in [-0.25, -0.2) is 0 Å². The van der Waals surface area contributed by atoms with Gasteiger partial charge in [-0.2, -0.15) is 0 Å². The zero-order valence-corrected chi connectivity index (χ0v) is 11.6. The Balaban J connectivity index is 1.86. The van der Waals surface area contributed by atoms with Gasteiger partial charge in [-0.15, -0.1) is 0 Å². The molecule has 2 N–H and O–H groups in total. The lowest BCUT2D eigenvalue weighted by Crippen LogP contribution is -2.25. The Morgan fingerprint density at radius 1 is 1.19 bits per heavy atom. The minimum Gasteiger partial charge on any atom is -0.508 e. The largest absolute Gasteiger partial charge is 0.508 e. The van der Waals surface area contributed by atoms with E-state index in [1.807, 2.05) is 43.3 Å². The first kappa shape index (κ1) is 13.2. The monoisotopic (exact) mass is 281 g/mol. The van der Waals surface area contributed by atoms with Gasteiger partial charge >= 0.3 is 0 Å². The molecule has 0 aromatic heterocycles. The molecule has 2 aromatic carbocycles. The Labute approximate surface area is 122 Å². The van der Waals surface area contributed by atoms with Crippen LogP contribution in [-0.4, -0.2) is 17.6 Å². The average Bonchev–Trinajstić information content (AvgIpc) is 2.46. The highest BCUT2D eigenvalue weighted by molar-refractivity contribution is 5.95. The number of anilines is 1.